The Morgan fingerprint density at radius 3 is 3.04 bits per heavy atom. The van der Waals surface area contributed by atoms with Crippen molar-refractivity contribution < 1.29 is 4.39 Å². The molecule has 6 nitrogen and oxygen atoms in total. The fourth-order valence-corrected chi connectivity index (χ4v) is 4.43. The molecule has 9 heteroatoms. The highest BCUT2D eigenvalue weighted by Gasteiger charge is 2.27. The maximum Gasteiger partial charge on any atom is 0.156 e. The molecule has 2 aromatic rings. The van der Waals surface area contributed by atoms with E-state index in [4.69, 9.17) is 11.6 Å². The summed E-state index contributed by atoms with van der Waals surface area (Å²) in [6.07, 6.45) is 10.4. The molecule has 2 aliphatic rings. The van der Waals surface area contributed by atoms with Crippen LogP contribution in [0.5, 0.6) is 0 Å². The molecule has 0 radical (unpaired) electrons. The minimum atomic E-state index is -0.684. The predicted molar refractivity (Wildman–Crippen MR) is 110 cm³/mol. The predicted octanol–water partition coefficient (Wildman–Crippen LogP) is 3.47. The summed E-state index contributed by atoms with van der Waals surface area (Å²) in [6, 6.07) is 2.51. The van der Waals surface area contributed by atoms with Gasteiger partial charge in [-0.2, -0.15) is 0 Å². The van der Waals surface area contributed by atoms with Crippen molar-refractivity contribution in [3.63, 3.8) is 0 Å². The molecular weight excluding hydrogens is 387 g/mol. The van der Waals surface area contributed by atoms with E-state index in [1.54, 1.807) is 18.1 Å². The van der Waals surface area contributed by atoms with E-state index in [1.165, 1.54) is 6.20 Å². The Labute approximate surface area is 166 Å². The molecule has 0 amide bonds. The molecule has 1 aliphatic carbocycles. The van der Waals surface area contributed by atoms with Crippen LogP contribution < -0.4 is 15.4 Å². The molecule has 4 rings (SSSR count). The average Bonchev–Trinajstić information content (AvgIpc) is 3.07. The van der Waals surface area contributed by atoms with Gasteiger partial charge in [-0.15, -0.1) is 0 Å². The zero-order chi connectivity index (χ0) is 18.8. The zero-order valence-corrected chi connectivity index (χ0v) is 16.5. The van der Waals surface area contributed by atoms with Crippen molar-refractivity contribution >= 4 is 40.4 Å². The number of rotatable bonds is 5. The van der Waals surface area contributed by atoms with Gasteiger partial charge in [-0.05, 0) is 31.6 Å². The summed E-state index contributed by atoms with van der Waals surface area (Å²) < 4.78 is 17.8. The summed E-state index contributed by atoms with van der Waals surface area (Å²) in [7, 11) is 0. The van der Waals surface area contributed by atoms with Crippen molar-refractivity contribution in [1.29, 1.82) is 0 Å². The van der Waals surface area contributed by atoms with E-state index in [9.17, 15) is 4.39 Å². The number of aliphatic imine (C=N–C) groups is 1. The molecule has 4 N–H and O–H groups in total. The van der Waals surface area contributed by atoms with Crippen LogP contribution in [0.2, 0.25) is 5.02 Å². The minimum absolute atomic E-state index is 0.231. The molecule has 1 aliphatic heterocycles. The second kappa shape index (κ2) is 8.18. The first-order valence-electron chi connectivity index (χ1n) is 9.01. The molecule has 0 spiro atoms. The van der Waals surface area contributed by atoms with Crippen molar-refractivity contribution in [3.05, 3.63) is 41.1 Å². The molecule has 1 saturated carbocycles. The lowest BCUT2D eigenvalue weighted by atomic mass is 9.91. The highest BCUT2D eigenvalue weighted by atomic mass is 35.5. The molecule has 1 fully saturated rings. The Hall–Kier alpha value is -1.61. The fourth-order valence-electron chi connectivity index (χ4n) is 3.72. The molecule has 0 saturated heterocycles. The van der Waals surface area contributed by atoms with Crippen LogP contribution in [-0.4, -0.2) is 40.3 Å². The van der Waals surface area contributed by atoms with E-state index in [2.05, 4.69) is 30.3 Å². The number of aromatic nitrogens is 2. The summed E-state index contributed by atoms with van der Waals surface area (Å²) in [5.74, 6) is 0.286. The van der Waals surface area contributed by atoms with Crippen LogP contribution in [0.4, 0.5) is 4.39 Å². The normalized spacial score (nSPS) is 25.8. The van der Waals surface area contributed by atoms with E-state index in [0.717, 1.165) is 42.3 Å². The van der Waals surface area contributed by atoms with Crippen LogP contribution in [0.3, 0.4) is 0 Å². The highest BCUT2D eigenvalue weighted by molar-refractivity contribution is 7.96. The Morgan fingerprint density at radius 2 is 2.19 bits per heavy atom. The fraction of sp³-hybridized carbons (Fsp3) is 0.444. The average molecular weight is 409 g/mol. The van der Waals surface area contributed by atoms with Gasteiger partial charge in [0.2, 0.25) is 0 Å². The molecule has 0 aromatic carbocycles. The van der Waals surface area contributed by atoms with Gasteiger partial charge in [-0.3, -0.25) is 10.0 Å². The first-order chi connectivity index (χ1) is 13.1. The number of nitrogens with one attached hydrogen (secondary N) is 4. The lowest BCUT2D eigenvalue weighted by Gasteiger charge is -2.32. The van der Waals surface area contributed by atoms with Gasteiger partial charge in [0, 0.05) is 41.6 Å². The van der Waals surface area contributed by atoms with Gasteiger partial charge >= 0.3 is 0 Å². The summed E-state index contributed by atoms with van der Waals surface area (Å²) in [5.41, 5.74) is 1.54. The second-order valence-corrected chi connectivity index (χ2v) is 7.94. The number of nitrogens with zero attached hydrogens (tertiary/aromatic N) is 2. The second-order valence-electron chi connectivity index (χ2n) is 6.85. The lowest BCUT2D eigenvalue weighted by Crippen LogP contribution is -2.46. The van der Waals surface area contributed by atoms with Crippen LogP contribution in [0.15, 0.2) is 35.5 Å². The van der Waals surface area contributed by atoms with Crippen molar-refractivity contribution in [2.75, 3.05) is 6.26 Å². The van der Waals surface area contributed by atoms with Gasteiger partial charge in [0.15, 0.2) is 12.0 Å². The van der Waals surface area contributed by atoms with E-state index in [0.29, 0.717) is 16.9 Å². The number of hydrogen-bond donors (Lipinski definition) is 4. The highest BCUT2D eigenvalue weighted by Crippen LogP contribution is 2.24. The molecule has 3 unspecified atom stereocenters. The number of halogens is 2. The quantitative estimate of drug-likeness (QED) is 0.570. The number of fused-ring (bicyclic) bond motifs is 1. The Kier molecular flexibility index (Phi) is 5.68. The number of amidine groups is 1. The Morgan fingerprint density at radius 1 is 1.33 bits per heavy atom. The van der Waals surface area contributed by atoms with E-state index >= 15 is 0 Å². The summed E-state index contributed by atoms with van der Waals surface area (Å²) in [5, 5.41) is 7.72. The van der Waals surface area contributed by atoms with Crippen LogP contribution in [0.1, 0.15) is 31.2 Å². The summed E-state index contributed by atoms with van der Waals surface area (Å²) in [6.45, 7) is 0. The van der Waals surface area contributed by atoms with Crippen molar-refractivity contribution in [1.82, 2.24) is 25.3 Å². The number of hydrogen-bond acceptors (Lipinski definition) is 6. The SMILES string of the molecule is CSNC1CCCC(NC2N=C(c3c[nH]c4ncc(Cl)cc34)NC=C2F)C1. The maximum atomic E-state index is 14.4. The lowest BCUT2D eigenvalue weighted by molar-refractivity contribution is 0.302. The molecule has 27 heavy (non-hydrogen) atoms. The van der Waals surface area contributed by atoms with Crippen molar-refractivity contribution in [2.45, 2.75) is 43.9 Å². The Bertz CT molecular complexity index is 880. The number of H-pyrrole nitrogens is 1. The van der Waals surface area contributed by atoms with Gasteiger partial charge in [0.1, 0.15) is 11.5 Å². The van der Waals surface area contributed by atoms with Gasteiger partial charge in [-0.1, -0.05) is 30.0 Å². The first-order valence-corrected chi connectivity index (χ1v) is 10.6. The van der Waals surface area contributed by atoms with Crippen LogP contribution >= 0.6 is 23.5 Å². The first kappa shape index (κ1) is 18.7. The van der Waals surface area contributed by atoms with Crippen LogP contribution in [0.25, 0.3) is 11.0 Å². The van der Waals surface area contributed by atoms with Crippen molar-refractivity contribution in [3.8, 4) is 0 Å². The third-order valence-electron chi connectivity index (χ3n) is 4.97. The Balaban J connectivity index is 1.54. The number of aromatic amines is 1. The summed E-state index contributed by atoms with van der Waals surface area (Å²) in [4.78, 5) is 12.0. The minimum Gasteiger partial charge on any atom is -0.345 e. The topological polar surface area (TPSA) is 77.1 Å². The van der Waals surface area contributed by atoms with Gasteiger partial charge in [0.25, 0.3) is 0 Å². The van der Waals surface area contributed by atoms with Crippen molar-refractivity contribution in [2.24, 2.45) is 4.99 Å². The van der Waals surface area contributed by atoms with E-state index < -0.39 is 6.17 Å². The molecule has 3 atom stereocenters. The van der Waals surface area contributed by atoms with Gasteiger partial charge < -0.3 is 10.3 Å². The zero-order valence-electron chi connectivity index (χ0n) is 14.9. The third-order valence-corrected chi connectivity index (χ3v) is 5.75. The molecular formula is C18H22ClFN6S. The molecule has 0 bridgehead atoms. The van der Waals surface area contributed by atoms with Gasteiger partial charge in [-0.25, -0.2) is 14.4 Å². The monoisotopic (exact) mass is 408 g/mol. The summed E-state index contributed by atoms with van der Waals surface area (Å²) >= 11 is 7.71. The molecule has 144 valence electrons. The van der Waals surface area contributed by atoms with Gasteiger partial charge in [0.05, 0.1) is 5.02 Å². The molecule has 2 aromatic heterocycles. The van der Waals surface area contributed by atoms with Crippen LogP contribution in [-0.2, 0) is 0 Å². The maximum absolute atomic E-state index is 14.4. The third kappa shape index (κ3) is 4.13. The van der Waals surface area contributed by atoms with Crippen LogP contribution in [0, 0.1) is 0 Å². The smallest absolute Gasteiger partial charge is 0.156 e. The molecule has 3 heterocycles. The number of pyridine rings is 1. The van der Waals surface area contributed by atoms with E-state index in [1.807, 2.05) is 18.5 Å². The van der Waals surface area contributed by atoms with E-state index in [-0.39, 0.29) is 11.9 Å². The largest absolute Gasteiger partial charge is 0.345 e. The standard InChI is InChI=1S/C18H22ClFN6S/c1-27-26-12-4-2-3-11(6-12)24-18-15(20)9-23-17(25-18)14-8-22-16-13(14)5-10(19)7-21-16/h5,7-9,11-12,18,24,26H,2-4,6H2,1H3,(H,21,22)(H,23,25).